The zero-order valence-electron chi connectivity index (χ0n) is 17.7. The molecule has 3 atom stereocenters. The Morgan fingerprint density at radius 2 is 2.14 bits per heavy atom. The molecule has 160 valence electrons. The molecule has 1 heterocycles. The Morgan fingerprint density at radius 1 is 1.45 bits per heavy atom. The van der Waals surface area contributed by atoms with Gasteiger partial charge < -0.3 is 9.64 Å². The molecule has 0 N–H and O–H groups in total. The minimum atomic E-state index is -0.928. The lowest BCUT2D eigenvalue weighted by Gasteiger charge is -2.48. The molecule has 1 saturated heterocycles. The number of carbonyl (C=O) groups is 1. The van der Waals surface area contributed by atoms with Crippen molar-refractivity contribution in [2.45, 2.75) is 69.4 Å². The van der Waals surface area contributed by atoms with Gasteiger partial charge in [-0.05, 0) is 43.4 Å². The minimum absolute atomic E-state index is 0.0320. The number of amides is 1. The van der Waals surface area contributed by atoms with Gasteiger partial charge in [0.15, 0.2) is 0 Å². The molecule has 2 unspecified atom stereocenters. The quantitative estimate of drug-likeness (QED) is 0.486. The van der Waals surface area contributed by atoms with E-state index in [-0.39, 0.29) is 27.8 Å². The normalized spacial score (nSPS) is 26.5. The summed E-state index contributed by atoms with van der Waals surface area (Å²) in [6.07, 6.45) is 4.43. The number of rotatable bonds is 7. The van der Waals surface area contributed by atoms with Crippen LogP contribution in [0.15, 0.2) is 30.9 Å². The molecular weight excluding hydrogens is 409 g/mol. The number of nitrogens with zero attached hydrogens (tertiary/aromatic N) is 1. The predicted octanol–water partition coefficient (Wildman–Crippen LogP) is 6.02. The van der Waals surface area contributed by atoms with Gasteiger partial charge in [-0.1, -0.05) is 44.5 Å². The summed E-state index contributed by atoms with van der Waals surface area (Å²) in [5, 5.41) is 0.0851. The van der Waals surface area contributed by atoms with Crippen molar-refractivity contribution in [1.29, 1.82) is 0 Å². The summed E-state index contributed by atoms with van der Waals surface area (Å²) in [6.45, 7) is 12.5. The summed E-state index contributed by atoms with van der Waals surface area (Å²) in [6, 6.07) is 4.58. The molecule has 1 aromatic rings. The first kappa shape index (κ1) is 22.6. The molecule has 1 aliphatic heterocycles. The molecule has 1 amide bonds. The third-order valence-corrected chi connectivity index (χ3v) is 7.34. The van der Waals surface area contributed by atoms with Crippen molar-refractivity contribution in [1.82, 2.24) is 4.90 Å². The van der Waals surface area contributed by atoms with Gasteiger partial charge in [-0.15, -0.1) is 6.58 Å². The average molecular weight is 440 g/mol. The van der Waals surface area contributed by atoms with Gasteiger partial charge in [0.1, 0.15) is 11.4 Å². The summed E-state index contributed by atoms with van der Waals surface area (Å²) in [7, 11) is 0. The molecule has 3 rings (SSSR count). The Balaban J connectivity index is 1.98. The Hall–Kier alpha value is -1.04. The van der Waals surface area contributed by atoms with Crippen molar-refractivity contribution in [2.24, 2.45) is 5.92 Å². The van der Waals surface area contributed by atoms with Gasteiger partial charge >= 0.3 is 0 Å². The Bertz CT molecular complexity index is 777. The van der Waals surface area contributed by atoms with E-state index in [1.807, 2.05) is 23.6 Å². The van der Waals surface area contributed by atoms with Gasteiger partial charge in [-0.3, -0.25) is 4.79 Å². The first-order chi connectivity index (χ1) is 13.6. The summed E-state index contributed by atoms with van der Waals surface area (Å²) >= 11 is 7.76. The van der Waals surface area contributed by atoms with Crippen LogP contribution in [0.5, 0.6) is 0 Å². The van der Waals surface area contributed by atoms with E-state index < -0.39 is 11.4 Å². The fraction of sp³-hybridized carbons (Fsp3) is 0.609. The van der Waals surface area contributed by atoms with E-state index >= 15 is 0 Å². The van der Waals surface area contributed by atoms with Gasteiger partial charge in [0.25, 0.3) is 5.91 Å². The van der Waals surface area contributed by atoms with E-state index in [9.17, 15) is 9.18 Å². The topological polar surface area (TPSA) is 29.5 Å². The molecule has 0 aromatic heterocycles. The van der Waals surface area contributed by atoms with Crippen molar-refractivity contribution < 1.29 is 13.9 Å². The minimum Gasteiger partial charge on any atom is -0.363 e. The van der Waals surface area contributed by atoms with Crippen LogP contribution in [0, 0.1) is 11.7 Å². The summed E-state index contributed by atoms with van der Waals surface area (Å²) in [4.78, 5) is 15.7. The second-order valence-corrected chi connectivity index (χ2v) is 11.5. The van der Waals surface area contributed by atoms with E-state index in [0.717, 1.165) is 24.2 Å². The standard InChI is InChI=1S/C23H31ClFNO2S/c1-6-11-23(5)21(27)26(20(15-7-8-15)14-29-22(2,3)4)19(13-28-23)16-9-10-17(24)18(25)12-16/h6,9-10,12,15,19-20H,1,7-8,11,13-14H2,2-5H3/t19?,20?,23-/m1/s1. The molecule has 1 aromatic carbocycles. The van der Waals surface area contributed by atoms with Crippen LogP contribution in [0.25, 0.3) is 0 Å². The van der Waals surface area contributed by atoms with E-state index in [0.29, 0.717) is 18.9 Å². The maximum Gasteiger partial charge on any atom is 0.255 e. The van der Waals surface area contributed by atoms with Crippen LogP contribution in [0.1, 0.15) is 58.6 Å². The van der Waals surface area contributed by atoms with Gasteiger partial charge in [-0.2, -0.15) is 11.8 Å². The molecule has 3 nitrogen and oxygen atoms in total. The van der Waals surface area contributed by atoms with Crippen LogP contribution >= 0.6 is 23.4 Å². The maximum atomic E-state index is 14.2. The van der Waals surface area contributed by atoms with E-state index in [2.05, 4.69) is 27.4 Å². The van der Waals surface area contributed by atoms with Gasteiger partial charge in [0, 0.05) is 23.0 Å². The lowest BCUT2D eigenvalue weighted by molar-refractivity contribution is -0.181. The molecule has 0 spiro atoms. The summed E-state index contributed by atoms with van der Waals surface area (Å²) < 4.78 is 20.4. The number of carbonyl (C=O) groups excluding carboxylic acids is 1. The highest BCUT2D eigenvalue weighted by Crippen LogP contribution is 2.45. The van der Waals surface area contributed by atoms with Crippen molar-refractivity contribution in [3.63, 3.8) is 0 Å². The molecule has 1 aliphatic carbocycles. The van der Waals surface area contributed by atoms with Crippen molar-refractivity contribution in [3.05, 3.63) is 47.3 Å². The van der Waals surface area contributed by atoms with Crippen LogP contribution in [0.2, 0.25) is 5.02 Å². The smallest absolute Gasteiger partial charge is 0.255 e. The fourth-order valence-electron chi connectivity index (χ4n) is 3.86. The van der Waals surface area contributed by atoms with Crippen molar-refractivity contribution in [3.8, 4) is 0 Å². The average Bonchev–Trinajstić information content (AvgIpc) is 3.46. The molecule has 2 aliphatic rings. The van der Waals surface area contributed by atoms with Crippen LogP contribution in [0.3, 0.4) is 0 Å². The molecule has 29 heavy (non-hydrogen) atoms. The summed E-state index contributed by atoms with van der Waals surface area (Å²) in [5.74, 6) is 0.842. The lowest BCUT2D eigenvalue weighted by Crippen LogP contribution is -2.60. The number of halogens is 2. The highest BCUT2D eigenvalue weighted by Gasteiger charge is 2.50. The highest BCUT2D eigenvalue weighted by molar-refractivity contribution is 8.00. The number of morpholine rings is 1. The number of hydrogen-bond donors (Lipinski definition) is 0. The van der Waals surface area contributed by atoms with E-state index in [4.69, 9.17) is 16.3 Å². The van der Waals surface area contributed by atoms with Gasteiger partial charge in [0.2, 0.25) is 0 Å². The molecule has 1 saturated carbocycles. The third-order valence-electron chi connectivity index (χ3n) is 5.66. The zero-order valence-corrected chi connectivity index (χ0v) is 19.3. The number of hydrogen-bond acceptors (Lipinski definition) is 3. The number of benzene rings is 1. The van der Waals surface area contributed by atoms with Crippen molar-refractivity contribution >= 4 is 29.3 Å². The Morgan fingerprint density at radius 3 is 2.69 bits per heavy atom. The van der Waals surface area contributed by atoms with E-state index in [1.54, 1.807) is 18.2 Å². The second-order valence-electron chi connectivity index (χ2n) is 9.26. The molecular formula is C23H31ClFNO2S. The first-order valence-corrected chi connectivity index (χ1v) is 11.6. The lowest BCUT2D eigenvalue weighted by atomic mass is 9.92. The fourth-order valence-corrected chi connectivity index (χ4v) is 5.08. The van der Waals surface area contributed by atoms with Crippen LogP contribution in [0.4, 0.5) is 4.39 Å². The summed E-state index contributed by atoms with van der Waals surface area (Å²) in [5.41, 5.74) is -0.199. The van der Waals surface area contributed by atoms with Gasteiger partial charge in [-0.25, -0.2) is 4.39 Å². The Kier molecular flexibility index (Phi) is 6.72. The molecule has 6 heteroatoms. The Labute approximate surface area is 183 Å². The molecule has 2 fully saturated rings. The second kappa shape index (κ2) is 8.60. The van der Waals surface area contributed by atoms with Crippen LogP contribution in [-0.4, -0.2) is 39.6 Å². The monoisotopic (exact) mass is 439 g/mol. The maximum absolute atomic E-state index is 14.2. The van der Waals surface area contributed by atoms with Crippen LogP contribution < -0.4 is 0 Å². The SMILES string of the molecule is C=CC[C@@]1(C)OCC(c2ccc(Cl)c(F)c2)N(C(CSC(C)(C)C)C2CC2)C1=O. The highest BCUT2D eigenvalue weighted by atomic mass is 35.5. The number of thioether (sulfide) groups is 1. The molecule has 0 radical (unpaired) electrons. The first-order valence-electron chi connectivity index (χ1n) is 10.2. The van der Waals surface area contributed by atoms with Crippen LogP contribution in [-0.2, 0) is 9.53 Å². The zero-order chi connectivity index (χ0) is 21.4. The molecule has 0 bridgehead atoms. The largest absolute Gasteiger partial charge is 0.363 e. The number of ether oxygens (including phenoxy) is 1. The van der Waals surface area contributed by atoms with Gasteiger partial charge in [0.05, 0.1) is 17.7 Å². The van der Waals surface area contributed by atoms with Crippen molar-refractivity contribution in [2.75, 3.05) is 12.4 Å². The van der Waals surface area contributed by atoms with E-state index in [1.165, 1.54) is 6.07 Å². The predicted molar refractivity (Wildman–Crippen MR) is 119 cm³/mol. The third kappa shape index (κ3) is 5.18.